The Morgan fingerprint density at radius 3 is 2.49 bits per heavy atom. The maximum Gasteiger partial charge on any atom is 0.338 e. The van der Waals surface area contributed by atoms with Crippen LogP contribution < -0.4 is 24.5 Å². The first-order valence-corrected chi connectivity index (χ1v) is 14.3. The summed E-state index contributed by atoms with van der Waals surface area (Å²) in [7, 11) is 1.55. The highest BCUT2D eigenvalue weighted by Gasteiger charge is 2.37. The van der Waals surface area contributed by atoms with Gasteiger partial charge in [-0.05, 0) is 48.4 Å². The number of esters is 1. The molecule has 4 aromatic rings. The van der Waals surface area contributed by atoms with E-state index in [2.05, 4.69) is 11.6 Å². The summed E-state index contributed by atoms with van der Waals surface area (Å²) in [6.45, 7) is 5.50. The van der Waals surface area contributed by atoms with Crippen molar-refractivity contribution in [3.63, 3.8) is 0 Å². The van der Waals surface area contributed by atoms with Crippen LogP contribution in [-0.4, -0.2) is 30.2 Å². The van der Waals surface area contributed by atoms with Gasteiger partial charge in [-0.1, -0.05) is 66.5 Å². The van der Waals surface area contributed by atoms with E-state index in [0.717, 1.165) is 16.9 Å². The molecule has 0 saturated heterocycles. The number of rotatable bonds is 7. The Bertz CT molecular complexity index is 1990. The second-order valence-corrected chi connectivity index (χ2v) is 11.0. The predicted octanol–water partition coefficient (Wildman–Crippen LogP) is 4.03. The first-order chi connectivity index (χ1) is 20.8. The van der Waals surface area contributed by atoms with Crippen LogP contribution in [0.4, 0.5) is 10.1 Å². The number of carbonyl (C=O) groups is 2. The van der Waals surface area contributed by atoms with Crippen molar-refractivity contribution < 1.29 is 23.5 Å². The summed E-state index contributed by atoms with van der Waals surface area (Å²) >= 11 is 1.10. The summed E-state index contributed by atoms with van der Waals surface area (Å²) in [6.07, 6.45) is 1.47. The quantitative estimate of drug-likeness (QED) is 0.238. The summed E-state index contributed by atoms with van der Waals surface area (Å²) in [5, 5.41) is 0. The number of amides is 1. The second-order valence-electron chi connectivity index (χ2n) is 9.97. The summed E-state index contributed by atoms with van der Waals surface area (Å²) < 4.78 is 25.9. The molecule has 43 heavy (non-hydrogen) atoms. The Labute approximate surface area is 250 Å². The SMILES string of the molecule is C=CCOC(=O)C1=C(C)N=c2s/c(=C3\C(=O)N(Cc4ccc(F)cc4)c4ccccc43)c(=O)n2[C@@H]1c1ccc(OC)cc1. The highest BCUT2D eigenvalue weighted by molar-refractivity contribution is 7.07. The predicted molar refractivity (Wildman–Crippen MR) is 161 cm³/mol. The van der Waals surface area contributed by atoms with Gasteiger partial charge in [0.2, 0.25) is 0 Å². The minimum Gasteiger partial charge on any atom is -0.497 e. The Hall–Kier alpha value is -5.09. The van der Waals surface area contributed by atoms with E-state index in [9.17, 15) is 18.8 Å². The molecule has 3 heterocycles. The lowest BCUT2D eigenvalue weighted by Crippen LogP contribution is -2.41. The van der Waals surface area contributed by atoms with Gasteiger partial charge in [0.25, 0.3) is 11.5 Å². The topological polar surface area (TPSA) is 90.2 Å². The third-order valence-electron chi connectivity index (χ3n) is 7.39. The fourth-order valence-corrected chi connectivity index (χ4v) is 6.51. The van der Waals surface area contributed by atoms with Gasteiger partial charge in [0, 0.05) is 5.56 Å². The number of para-hydroxylation sites is 1. The zero-order valence-electron chi connectivity index (χ0n) is 23.4. The molecule has 8 nitrogen and oxygen atoms in total. The number of nitrogens with zero attached hydrogens (tertiary/aromatic N) is 3. The van der Waals surface area contributed by atoms with E-state index < -0.39 is 17.6 Å². The van der Waals surface area contributed by atoms with E-state index in [1.54, 1.807) is 61.4 Å². The van der Waals surface area contributed by atoms with Crippen LogP contribution in [0.2, 0.25) is 0 Å². The van der Waals surface area contributed by atoms with Gasteiger partial charge in [0.15, 0.2) is 4.80 Å². The number of carbonyl (C=O) groups excluding carboxylic acids is 2. The molecule has 216 valence electrons. The van der Waals surface area contributed by atoms with Crippen LogP contribution in [0.5, 0.6) is 5.75 Å². The van der Waals surface area contributed by atoms with Crippen LogP contribution in [0.1, 0.15) is 29.7 Å². The van der Waals surface area contributed by atoms with Crippen molar-refractivity contribution in [3.8, 4) is 5.75 Å². The second kappa shape index (κ2) is 11.3. The van der Waals surface area contributed by atoms with Gasteiger partial charge in [-0.2, -0.15) is 0 Å². The fraction of sp³-hybridized carbons (Fsp3) is 0.152. The molecule has 0 aliphatic carbocycles. The highest BCUT2D eigenvalue weighted by Crippen LogP contribution is 2.37. The first kappa shape index (κ1) is 28.0. The molecule has 0 saturated carbocycles. The smallest absolute Gasteiger partial charge is 0.338 e. The van der Waals surface area contributed by atoms with Gasteiger partial charge in [0.1, 0.15) is 22.7 Å². The van der Waals surface area contributed by atoms with Crippen LogP contribution in [0.25, 0.3) is 5.57 Å². The Morgan fingerprint density at radius 1 is 1.07 bits per heavy atom. The molecule has 10 heteroatoms. The van der Waals surface area contributed by atoms with Crippen LogP contribution >= 0.6 is 11.3 Å². The normalized spacial score (nSPS) is 16.9. The van der Waals surface area contributed by atoms with E-state index in [4.69, 9.17) is 9.47 Å². The summed E-state index contributed by atoms with van der Waals surface area (Å²) in [5.74, 6) is -0.719. The molecule has 1 atom stereocenters. The molecule has 6 rings (SSSR count). The fourth-order valence-electron chi connectivity index (χ4n) is 5.38. The minimum absolute atomic E-state index is 0.00527. The number of halogens is 1. The molecule has 2 aliphatic rings. The standard InChI is InChI=1S/C33H26FN3O5S/c1-4-17-42-32(40)26-19(2)35-33-37(28(26)21-11-15-23(41-3)16-12-21)31(39)29(43-33)27-24-7-5-6-8-25(24)36(30(27)38)18-20-9-13-22(34)14-10-20/h4-16,28H,1,17-18H2,2-3H3/b29-27-/t28-/m1/s1. The largest absolute Gasteiger partial charge is 0.497 e. The van der Waals surface area contributed by atoms with E-state index >= 15 is 0 Å². The molecule has 1 amide bonds. The third-order valence-corrected chi connectivity index (χ3v) is 8.44. The van der Waals surface area contributed by atoms with Crippen molar-refractivity contribution >= 4 is 34.5 Å². The lowest BCUT2D eigenvalue weighted by molar-refractivity contribution is -0.138. The average molecular weight is 596 g/mol. The van der Waals surface area contributed by atoms with E-state index in [1.807, 2.05) is 18.2 Å². The van der Waals surface area contributed by atoms with Crippen molar-refractivity contribution in [3.05, 3.63) is 139 Å². The van der Waals surface area contributed by atoms with Crippen LogP contribution in [0.3, 0.4) is 0 Å². The molecular formula is C33H26FN3O5S. The average Bonchev–Trinajstić information content (AvgIpc) is 3.48. The van der Waals surface area contributed by atoms with Gasteiger partial charge < -0.3 is 14.4 Å². The van der Waals surface area contributed by atoms with E-state index in [1.165, 1.54) is 22.8 Å². The van der Waals surface area contributed by atoms with E-state index in [0.29, 0.717) is 33.1 Å². The highest BCUT2D eigenvalue weighted by atomic mass is 32.1. The number of aromatic nitrogens is 1. The lowest BCUT2D eigenvalue weighted by atomic mass is 9.96. The molecular weight excluding hydrogens is 569 g/mol. The minimum atomic E-state index is -0.851. The number of thiazole rings is 1. The zero-order valence-corrected chi connectivity index (χ0v) is 24.2. The Balaban J connectivity index is 1.55. The molecule has 0 N–H and O–H groups in total. The van der Waals surface area contributed by atoms with Gasteiger partial charge in [-0.3, -0.25) is 14.2 Å². The molecule has 0 radical (unpaired) electrons. The van der Waals surface area contributed by atoms with Crippen molar-refractivity contribution in [2.45, 2.75) is 19.5 Å². The molecule has 0 fully saturated rings. The van der Waals surface area contributed by atoms with Crippen LogP contribution in [0, 0.1) is 5.82 Å². The van der Waals surface area contributed by atoms with E-state index in [-0.39, 0.29) is 40.6 Å². The van der Waals surface area contributed by atoms with Gasteiger partial charge in [0.05, 0.1) is 42.2 Å². The van der Waals surface area contributed by atoms with Crippen molar-refractivity contribution in [1.82, 2.24) is 4.57 Å². The summed E-state index contributed by atoms with van der Waals surface area (Å²) in [4.78, 5) is 48.2. The Morgan fingerprint density at radius 2 is 1.79 bits per heavy atom. The van der Waals surface area contributed by atoms with Crippen molar-refractivity contribution in [2.75, 3.05) is 18.6 Å². The first-order valence-electron chi connectivity index (χ1n) is 13.4. The molecule has 0 spiro atoms. The number of hydrogen-bond donors (Lipinski definition) is 0. The van der Waals surface area contributed by atoms with Crippen molar-refractivity contribution in [2.24, 2.45) is 4.99 Å². The number of allylic oxidation sites excluding steroid dienone is 1. The third kappa shape index (κ3) is 4.89. The van der Waals surface area contributed by atoms with Gasteiger partial charge in [-0.25, -0.2) is 14.2 Å². The molecule has 3 aromatic carbocycles. The monoisotopic (exact) mass is 595 g/mol. The Kier molecular flexibility index (Phi) is 7.37. The number of methoxy groups -OCH3 is 1. The summed E-state index contributed by atoms with van der Waals surface area (Å²) in [6, 6.07) is 19.4. The summed E-state index contributed by atoms with van der Waals surface area (Å²) in [5.41, 5.74) is 3.08. The molecule has 0 bridgehead atoms. The maximum absolute atomic E-state index is 14.3. The number of ether oxygens (including phenoxy) is 2. The molecule has 0 unspecified atom stereocenters. The zero-order chi connectivity index (χ0) is 30.2. The number of anilines is 1. The molecule has 1 aromatic heterocycles. The van der Waals surface area contributed by atoms with Crippen LogP contribution in [0.15, 0.2) is 107 Å². The number of fused-ring (bicyclic) bond motifs is 2. The number of hydrogen-bond acceptors (Lipinski definition) is 7. The van der Waals surface area contributed by atoms with Gasteiger partial charge in [-0.15, -0.1) is 0 Å². The number of benzene rings is 3. The van der Waals surface area contributed by atoms with Gasteiger partial charge >= 0.3 is 5.97 Å². The molecule has 2 aliphatic heterocycles. The maximum atomic E-state index is 14.3. The van der Waals surface area contributed by atoms with Crippen LogP contribution in [-0.2, 0) is 20.9 Å². The lowest BCUT2D eigenvalue weighted by Gasteiger charge is -2.24. The van der Waals surface area contributed by atoms with Crippen molar-refractivity contribution in [1.29, 1.82) is 0 Å².